The van der Waals surface area contributed by atoms with Crippen LogP contribution in [0.4, 0.5) is 5.82 Å². The van der Waals surface area contributed by atoms with E-state index in [1.807, 2.05) is 54.6 Å². The van der Waals surface area contributed by atoms with E-state index in [1.165, 1.54) is 0 Å². The van der Waals surface area contributed by atoms with Gasteiger partial charge in [0, 0.05) is 11.5 Å². The molecule has 5 heteroatoms. The number of benzene rings is 2. The number of nitrogens with zero attached hydrogens (tertiary/aromatic N) is 2. The minimum atomic E-state index is -0.291. The number of carbonyl (C=O) groups excluding carboxylic acids is 1. The second kappa shape index (κ2) is 6.04. The summed E-state index contributed by atoms with van der Waals surface area (Å²) in [7, 11) is 0. The Bertz CT molecular complexity index is 953. The third-order valence-corrected chi connectivity index (χ3v) is 3.78. The summed E-state index contributed by atoms with van der Waals surface area (Å²) in [5, 5.41) is 8.03. The van der Waals surface area contributed by atoms with Crippen molar-refractivity contribution in [2.75, 3.05) is 5.32 Å². The number of amides is 1. The van der Waals surface area contributed by atoms with E-state index in [9.17, 15) is 4.79 Å². The highest BCUT2D eigenvalue weighted by Crippen LogP contribution is 2.20. The van der Waals surface area contributed by atoms with Gasteiger partial charge in [-0.2, -0.15) is 5.10 Å². The van der Waals surface area contributed by atoms with Crippen molar-refractivity contribution in [2.24, 2.45) is 0 Å². The molecule has 1 amide bonds. The monoisotopic (exact) mass is 317 g/mol. The summed E-state index contributed by atoms with van der Waals surface area (Å²) >= 11 is 0. The average Bonchev–Trinajstić information content (AvgIpc) is 3.23. The molecule has 0 spiro atoms. The van der Waals surface area contributed by atoms with Crippen LogP contribution >= 0.6 is 0 Å². The molecule has 0 bridgehead atoms. The third-order valence-electron chi connectivity index (χ3n) is 3.78. The molecule has 0 unspecified atom stereocenters. The molecule has 0 aliphatic carbocycles. The Morgan fingerprint density at radius 2 is 1.83 bits per heavy atom. The Morgan fingerprint density at radius 1 is 1.04 bits per heavy atom. The minimum Gasteiger partial charge on any atom is -0.451 e. The summed E-state index contributed by atoms with van der Waals surface area (Å²) < 4.78 is 7.34. The Labute approximate surface area is 138 Å². The maximum Gasteiger partial charge on any atom is 0.292 e. The number of hydrogen-bond acceptors (Lipinski definition) is 3. The van der Waals surface area contributed by atoms with Crippen molar-refractivity contribution >= 4 is 22.7 Å². The van der Waals surface area contributed by atoms with E-state index < -0.39 is 0 Å². The van der Waals surface area contributed by atoms with Gasteiger partial charge in [0.1, 0.15) is 11.4 Å². The number of carbonyl (C=O) groups is 1. The second-order valence-corrected chi connectivity index (χ2v) is 5.46. The minimum absolute atomic E-state index is 0.281. The predicted octanol–water partition coefficient (Wildman–Crippen LogP) is 3.93. The van der Waals surface area contributed by atoms with Crippen LogP contribution < -0.4 is 5.32 Å². The number of rotatable bonds is 4. The first kappa shape index (κ1) is 14.3. The van der Waals surface area contributed by atoms with Gasteiger partial charge >= 0.3 is 0 Å². The smallest absolute Gasteiger partial charge is 0.292 e. The standard InChI is InChI=1S/C19H15N3O2/c23-19(17-12-15-8-4-5-9-16(15)24-17)21-18-10-11-20-22(18)13-14-6-2-1-3-7-14/h1-12H,13H2,(H,21,23). The van der Waals surface area contributed by atoms with E-state index in [0.29, 0.717) is 17.9 Å². The molecule has 0 saturated carbocycles. The molecule has 2 heterocycles. The Morgan fingerprint density at radius 3 is 2.67 bits per heavy atom. The molecule has 2 aromatic heterocycles. The number of para-hydroxylation sites is 1. The van der Waals surface area contributed by atoms with Crippen LogP contribution in [0.1, 0.15) is 16.1 Å². The highest BCUT2D eigenvalue weighted by atomic mass is 16.3. The first-order valence-corrected chi connectivity index (χ1v) is 7.65. The first-order valence-electron chi connectivity index (χ1n) is 7.65. The summed E-state index contributed by atoms with van der Waals surface area (Å²) in [4.78, 5) is 12.4. The van der Waals surface area contributed by atoms with Gasteiger partial charge in [0.2, 0.25) is 0 Å². The van der Waals surface area contributed by atoms with Crippen molar-refractivity contribution in [3.8, 4) is 0 Å². The van der Waals surface area contributed by atoms with Gasteiger partial charge in [-0.25, -0.2) is 4.68 Å². The zero-order valence-electron chi connectivity index (χ0n) is 12.8. The summed E-state index contributed by atoms with van der Waals surface area (Å²) in [5.74, 6) is 0.619. The highest BCUT2D eigenvalue weighted by Gasteiger charge is 2.14. The van der Waals surface area contributed by atoms with Crippen LogP contribution in [0.25, 0.3) is 11.0 Å². The van der Waals surface area contributed by atoms with Crippen LogP contribution in [0, 0.1) is 0 Å². The summed E-state index contributed by atoms with van der Waals surface area (Å²) in [6.45, 7) is 0.587. The van der Waals surface area contributed by atoms with Crippen molar-refractivity contribution in [1.29, 1.82) is 0 Å². The summed E-state index contributed by atoms with van der Waals surface area (Å²) in [6, 6.07) is 21.0. The fourth-order valence-electron chi connectivity index (χ4n) is 2.59. The lowest BCUT2D eigenvalue weighted by Gasteiger charge is -2.08. The van der Waals surface area contributed by atoms with E-state index in [4.69, 9.17) is 4.42 Å². The van der Waals surface area contributed by atoms with Gasteiger partial charge in [-0.05, 0) is 17.7 Å². The van der Waals surface area contributed by atoms with E-state index in [-0.39, 0.29) is 11.7 Å². The van der Waals surface area contributed by atoms with E-state index in [1.54, 1.807) is 23.0 Å². The van der Waals surface area contributed by atoms with Gasteiger partial charge in [-0.1, -0.05) is 48.5 Å². The topological polar surface area (TPSA) is 60.1 Å². The fourth-order valence-corrected chi connectivity index (χ4v) is 2.59. The lowest BCUT2D eigenvalue weighted by molar-refractivity contribution is 0.0997. The largest absolute Gasteiger partial charge is 0.451 e. The molecule has 5 nitrogen and oxygen atoms in total. The first-order chi connectivity index (χ1) is 11.8. The van der Waals surface area contributed by atoms with E-state index in [0.717, 1.165) is 10.9 Å². The summed E-state index contributed by atoms with van der Waals surface area (Å²) in [6.07, 6.45) is 1.66. The number of anilines is 1. The van der Waals surface area contributed by atoms with Gasteiger partial charge in [-0.15, -0.1) is 0 Å². The van der Waals surface area contributed by atoms with Gasteiger partial charge in [0.15, 0.2) is 5.76 Å². The molecule has 2 aromatic carbocycles. The Kier molecular flexibility index (Phi) is 3.59. The molecule has 0 fully saturated rings. The van der Waals surface area contributed by atoms with Crippen LogP contribution in [0.2, 0.25) is 0 Å². The molecule has 24 heavy (non-hydrogen) atoms. The maximum atomic E-state index is 12.4. The molecule has 0 saturated heterocycles. The molecular weight excluding hydrogens is 302 g/mol. The number of aromatic nitrogens is 2. The fraction of sp³-hybridized carbons (Fsp3) is 0.0526. The SMILES string of the molecule is O=C(Nc1ccnn1Cc1ccccc1)c1cc2ccccc2o1. The van der Waals surface area contributed by atoms with Crippen molar-refractivity contribution in [3.63, 3.8) is 0 Å². The lowest BCUT2D eigenvalue weighted by atomic mass is 10.2. The van der Waals surface area contributed by atoms with Gasteiger partial charge in [-0.3, -0.25) is 4.79 Å². The van der Waals surface area contributed by atoms with Crippen LogP contribution in [0.15, 0.2) is 77.3 Å². The maximum absolute atomic E-state index is 12.4. The van der Waals surface area contributed by atoms with Crippen LogP contribution in [0.3, 0.4) is 0 Å². The van der Waals surface area contributed by atoms with Crippen molar-refractivity contribution in [1.82, 2.24) is 9.78 Å². The summed E-state index contributed by atoms with van der Waals surface area (Å²) in [5.41, 5.74) is 1.81. The van der Waals surface area contributed by atoms with Crippen molar-refractivity contribution in [2.45, 2.75) is 6.54 Å². The molecule has 4 aromatic rings. The van der Waals surface area contributed by atoms with Gasteiger partial charge < -0.3 is 9.73 Å². The van der Waals surface area contributed by atoms with Crippen LogP contribution in [0.5, 0.6) is 0 Å². The molecule has 118 valence electrons. The molecule has 0 aliphatic rings. The number of hydrogen-bond donors (Lipinski definition) is 1. The van der Waals surface area contributed by atoms with Crippen molar-refractivity contribution in [3.05, 3.63) is 84.3 Å². The molecular formula is C19H15N3O2. The van der Waals surface area contributed by atoms with Crippen molar-refractivity contribution < 1.29 is 9.21 Å². The zero-order chi connectivity index (χ0) is 16.4. The van der Waals surface area contributed by atoms with Crippen LogP contribution in [-0.4, -0.2) is 15.7 Å². The quantitative estimate of drug-likeness (QED) is 0.620. The molecule has 1 N–H and O–H groups in total. The van der Waals surface area contributed by atoms with E-state index >= 15 is 0 Å². The number of fused-ring (bicyclic) bond motifs is 1. The third kappa shape index (κ3) is 2.79. The normalized spacial score (nSPS) is 10.8. The highest BCUT2D eigenvalue weighted by molar-refractivity contribution is 6.04. The predicted molar refractivity (Wildman–Crippen MR) is 91.9 cm³/mol. The average molecular weight is 317 g/mol. The van der Waals surface area contributed by atoms with Crippen LogP contribution in [-0.2, 0) is 6.54 Å². The lowest BCUT2D eigenvalue weighted by Crippen LogP contribution is -2.15. The molecule has 0 aliphatic heterocycles. The Hall–Kier alpha value is -3.34. The zero-order valence-corrected chi connectivity index (χ0v) is 12.8. The molecule has 4 rings (SSSR count). The van der Waals surface area contributed by atoms with E-state index in [2.05, 4.69) is 10.4 Å². The van der Waals surface area contributed by atoms with Gasteiger partial charge in [0.25, 0.3) is 5.91 Å². The second-order valence-electron chi connectivity index (χ2n) is 5.46. The molecule has 0 atom stereocenters. The molecule has 0 radical (unpaired) electrons. The Balaban J connectivity index is 1.55. The van der Waals surface area contributed by atoms with Gasteiger partial charge in [0.05, 0.1) is 12.7 Å². The number of furan rings is 1. The number of nitrogens with one attached hydrogen (secondary N) is 1.